The van der Waals surface area contributed by atoms with Crippen molar-refractivity contribution in [2.75, 3.05) is 25.0 Å². The topological polar surface area (TPSA) is 58.4 Å². The molecule has 0 aromatic heterocycles. The third-order valence-corrected chi connectivity index (χ3v) is 5.36. The quantitative estimate of drug-likeness (QED) is 0.896. The fourth-order valence-corrected chi connectivity index (χ4v) is 4.01. The molecule has 1 aromatic rings. The van der Waals surface area contributed by atoms with Gasteiger partial charge in [-0.2, -0.15) is 0 Å². The van der Waals surface area contributed by atoms with Crippen LogP contribution in [-0.2, 0) is 4.79 Å². The molecular weight excluding hydrogens is 298 g/mol. The van der Waals surface area contributed by atoms with Crippen LogP contribution >= 0.6 is 11.6 Å². The number of fused-ring (bicyclic) bond motifs is 1. The first-order valence-electron chi connectivity index (χ1n) is 8.16. The molecule has 3 rings (SSSR count). The normalized spacial score (nSPS) is 28.4. The van der Waals surface area contributed by atoms with Gasteiger partial charge in [-0.3, -0.25) is 4.79 Å². The van der Waals surface area contributed by atoms with Crippen LogP contribution in [0.1, 0.15) is 25.7 Å². The van der Waals surface area contributed by atoms with Crippen LogP contribution in [0.15, 0.2) is 24.3 Å². The van der Waals surface area contributed by atoms with Gasteiger partial charge in [-0.1, -0.05) is 30.2 Å². The number of benzene rings is 1. The minimum absolute atomic E-state index is 0.0206. The van der Waals surface area contributed by atoms with Gasteiger partial charge in [0.25, 0.3) is 0 Å². The minimum Gasteiger partial charge on any atom is -0.327 e. The molecule has 3 atom stereocenters. The number of nitrogens with zero attached hydrogens (tertiary/aromatic N) is 1. The summed E-state index contributed by atoms with van der Waals surface area (Å²) in [5, 5.41) is 3.46. The third-order valence-electron chi connectivity index (χ3n) is 5.03. The molecule has 1 heterocycles. The molecule has 2 aliphatic rings. The Balaban J connectivity index is 1.47. The molecule has 1 saturated heterocycles. The second kappa shape index (κ2) is 6.99. The van der Waals surface area contributed by atoms with Crippen molar-refractivity contribution in [3.05, 3.63) is 29.3 Å². The van der Waals surface area contributed by atoms with Crippen molar-refractivity contribution in [2.45, 2.75) is 31.7 Å². The van der Waals surface area contributed by atoms with Crippen LogP contribution in [-0.4, -0.2) is 36.5 Å². The molecule has 5 heteroatoms. The third kappa shape index (κ3) is 3.62. The molecule has 1 amide bonds. The highest BCUT2D eigenvalue weighted by atomic mass is 35.5. The van der Waals surface area contributed by atoms with E-state index in [4.69, 9.17) is 17.3 Å². The molecule has 1 aliphatic carbocycles. The van der Waals surface area contributed by atoms with Crippen LogP contribution in [0.4, 0.5) is 5.69 Å². The monoisotopic (exact) mass is 321 g/mol. The van der Waals surface area contributed by atoms with Crippen LogP contribution in [0.5, 0.6) is 0 Å². The summed E-state index contributed by atoms with van der Waals surface area (Å²) >= 11 is 6.06. The second-order valence-electron chi connectivity index (χ2n) is 6.56. The number of rotatable bonds is 4. The number of carbonyl (C=O) groups excluding carboxylic acids is 1. The van der Waals surface area contributed by atoms with Crippen molar-refractivity contribution < 1.29 is 4.79 Å². The first-order chi connectivity index (χ1) is 10.6. The zero-order valence-electron chi connectivity index (χ0n) is 12.8. The average Bonchev–Trinajstić information content (AvgIpc) is 2.92. The van der Waals surface area contributed by atoms with E-state index in [2.05, 4.69) is 10.2 Å². The lowest BCUT2D eigenvalue weighted by Crippen LogP contribution is -2.38. The van der Waals surface area contributed by atoms with Crippen LogP contribution < -0.4 is 11.1 Å². The molecule has 3 unspecified atom stereocenters. The van der Waals surface area contributed by atoms with Gasteiger partial charge in [0.15, 0.2) is 0 Å². The predicted octanol–water partition coefficient (Wildman–Crippen LogP) is 2.73. The van der Waals surface area contributed by atoms with Gasteiger partial charge in [-0.15, -0.1) is 0 Å². The number of halogens is 1. The number of likely N-dealkylation sites (tertiary alicyclic amines) is 1. The lowest BCUT2D eigenvalue weighted by Gasteiger charge is -2.29. The maximum atomic E-state index is 12.1. The van der Waals surface area contributed by atoms with Gasteiger partial charge in [-0.05, 0) is 36.8 Å². The Bertz CT molecular complexity index is 536. The maximum Gasteiger partial charge on any atom is 0.225 e. The Morgan fingerprint density at radius 1 is 1.32 bits per heavy atom. The fourth-order valence-electron chi connectivity index (χ4n) is 3.83. The minimum atomic E-state index is 0.0206. The summed E-state index contributed by atoms with van der Waals surface area (Å²) in [4.78, 5) is 14.5. The van der Waals surface area contributed by atoms with Crippen LogP contribution in [0.3, 0.4) is 0 Å². The molecule has 3 N–H and O–H groups in total. The standard InChI is InChI=1S/C17H24ClN3O/c18-14-5-1-2-7-16(14)20-17(22)8-9-21-10-12-4-3-6-15(19)13(12)11-21/h1-2,5,7,12-13,15H,3-4,6,8-11,19H2,(H,20,22). The lowest BCUT2D eigenvalue weighted by molar-refractivity contribution is -0.116. The molecule has 2 fully saturated rings. The highest BCUT2D eigenvalue weighted by Crippen LogP contribution is 2.35. The maximum absolute atomic E-state index is 12.1. The van der Waals surface area contributed by atoms with Gasteiger partial charge in [0, 0.05) is 32.1 Å². The van der Waals surface area contributed by atoms with Crippen molar-refractivity contribution in [2.24, 2.45) is 17.6 Å². The van der Waals surface area contributed by atoms with Gasteiger partial charge < -0.3 is 16.0 Å². The first-order valence-corrected chi connectivity index (χ1v) is 8.53. The van der Waals surface area contributed by atoms with Gasteiger partial charge in [0.2, 0.25) is 5.91 Å². The lowest BCUT2D eigenvalue weighted by atomic mass is 9.78. The number of nitrogens with two attached hydrogens (primary N) is 1. The Kier molecular flexibility index (Phi) is 5.01. The van der Waals surface area contributed by atoms with E-state index in [1.54, 1.807) is 6.07 Å². The molecule has 4 nitrogen and oxygen atoms in total. The first kappa shape index (κ1) is 15.8. The van der Waals surface area contributed by atoms with Crippen LogP contribution in [0.25, 0.3) is 0 Å². The smallest absolute Gasteiger partial charge is 0.225 e. The summed E-state index contributed by atoms with van der Waals surface area (Å²) in [7, 11) is 0. The Morgan fingerprint density at radius 3 is 2.91 bits per heavy atom. The summed E-state index contributed by atoms with van der Waals surface area (Å²) in [6.45, 7) is 2.94. The molecule has 1 aromatic carbocycles. The van der Waals surface area contributed by atoms with E-state index in [1.165, 1.54) is 12.8 Å². The number of carbonyl (C=O) groups is 1. The largest absolute Gasteiger partial charge is 0.327 e. The summed E-state index contributed by atoms with van der Waals surface area (Å²) in [6.07, 6.45) is 4.20. The SMILES string of the molecule is NC1CCCC2CN(CCC(=O)Nc3ccccc3Cl)CC12. The van der Waals surface area contributed by atoms with Crippen molar-refractivity contribution in [3.8, 4) is 0 Å². The summed E-state index contributed by atoms with van der Waals surface area (Å²) in [5.74, 6) is 1.38. The molecule has 120 valence electrons. The van der Waals surface area contributed by atoms with E-state index in [0.717, 1.165) is 32.0 Å². The van der Waals surface area contributed by atoms with Crippen molar-refractivity contribution in [1.29, 1.82) is 0 Å². The number of nitrogens with one attached hydrogen (secondary N) is 1. The molecule has 0 radical (unpaired) electrons. The Morgan fingerprint density at radius 2 is 2.14 bits per heavy atom. The van der Waals surface area contributed by atoms with Crippen LogP contribution in [0.2, 0.25) is 5.02 Å². The molecule has 1 saturated carbocycles. The van der Waals surface area contributed by atoms with Gasteiger partial charge in [-0.25, -0.2) is 0 Å². The van der Waals surface area contributed by atoms with E-state index in [9.17, 15) is 4.79 Å². The molecule has 1 aliphatic heterocycles. The van der Waals surface area contributed by atoms with Gasteiger partial charge >= 0.3 is 0 Å². The zero-order chi connectivity index (χ0) is 15.5. The Labute approximate surface area is 137 Å². The molecule has 22 heavy (non-hydrogen) atoms. The number of amides is 1. The predicted molar refractivity (Wildman–Crippen MR) is 89.9 cm³/mol. The van der Waals surface area contributed by atoms with E-state index in [0.29, 0.717) is 29.1 Å². The number of para-hydroxylation sites is 1. The highest BCUT2D eigenvalue weighted by Gasteiger charge is 2.38. The second-order valence-corrected chi connectivity index (χ2v) is 6.96. The van der Waals surface area contributed by atoms with E-state index in [-0.39, 0.29) is 5.91 Å². The molecule has 0 spiro atoms. The van der Waals surface area contributed by atoms with Crippen molar-refractivity contribution in [1.82, 2.24) is 4.90 Å². The average molecular weight is 322 g/mol. The summed E-state index contributed by atoms with van der Waals surface area (Å²) in [5.41, 5.74) is 6.92. The Hall–Kier alpha value is -1.10. The number of hydrogen-bond donors (Lipinski definition) is 2. The molecular formula is C17H24ClN3O. The van der Waals surface area contributed by atoms with Crippen molar-refractivity contribution in [3.63, 3.8) is 0 Å². The molecule has 0 bridgehead atoms. The van der Waals surface area contributed by atoms with E-state index >= 15 is 0 Å². The van der Waals surface area contributed by atoms with E-state index in [1.807, 2.05) is 18.2 Å². The summed E-state index contributed by atoms with van der Waals surface area (Å²) < 4.78 is 0. The van der Waals surface area contributed by atoms with Crippen LogP contribution in [0, 0.1) is 11.8 Å². The highest BCUT2D eigenvalue weighted by molar-refractivity contribution is 6.33. The van der Waals surface area contributed by atoms with Gasteiger partial charge in [0.1, 0.15) is 0 Å². The summed E-state index contributed by atoms with van der Waals surface area (Å²) in [6, 6.07) is 7.68. The number of hydrogen-bond acceptors (Lipinski definition) is 3. The zero-order valence-corrected chi connectivity index (χ0v) is 13.6. The number of anilines is 1. The fraction of sp³-hybridized carbons (Fsp3) is 0.588. The van der Waals surface area contributed by atoms with E-state index < -0.39 is 0 Å². The van der Waals surface area contributed by atoms with Gasteiger partial charge in [0.05, 0.1) is 10.7 Å². The van der Waals surface area contributed by atoms with Crippen molar-refractivity contribution >= 4 is 23.2 Å².